The Balaban J connectivity index is 1.58. The molecule has 0 unspecified atom stereocenters. The molecule has 1 fully saturated rings. The highest BCUT2D eigenvalue weighted by atomic mass is 32.1. The molecule has 4 rings (SSSR count). The Bertz CT molecular complexity index is 1010. The average molecular weight is 368 g/mol. The fourth-order valence-electron chi connectivity index (χ4n) is 3.09. The second kappa shape index (κ2) is 6.38. The van der Waals surface area contributed by atoms with Gasteiger partial charge >= 0.3 is 12.0 Å². The number of hydrogen-bond acceptors (Lipinski definition) is 5. The molecule has 0 aliphatic carbocycles. The summed E-state index contributed by atoms with van der Waals surface area (Å²) in [6, 6.07) is 9.72. The van der Waals surface area contributed by atoms with Crippen LogP contribution in [0.4, 0.5) is 9.93 Å². The van der Waals surface area contributed by atoms with Crippen LogP contribution in [0.25, 0.3) is 10.8 Å². The van der Waals surface area contributed by atoms with E-state index in [1.807, 2.05) is 30.3 Å². The van der Waals surface area contributed by atoms with Gasteiger partial charge in [0.25, 0.3) is 0 Å². The highest BCUT2D eigenvalue weighted by Crippen LogP contribution is 2.29. The zero-order chi connectivity index (χ0) is 18.3. The first-order chi connectivity index (χ1) is 12.5. The van der Waals surface area contributed by atoms with Crippen molar-refractivity contribution >= 4 is 39.2 Å². The van der Waals surface area contributed by atoms with Gasteiger partial charge < -0.3 is 10.0 Å². The molecule has 0 atom stereocenters. The van der Waals surface area contributed by atoms with Gasteiger partial charge in [-0.15, -0.1) is 0 Å². The summed E-state index contributed by atoms with van der Waals surface area (Å²) in [5.74, 6) is -1.02. The van der Waals surface area contributed by atoms with Gasteiger partial charge in [-0.05, 0) is 18.4 Å². The van der Waals surface area contributed by atoms with Crippen molar-refractivity contribution in [2.24, 2.45) is 0 Å². The third kappa shape index (κ3) is 2.78. The maximum Gasteiger partial charge on any atom is 0.347 e. The number of nitrogens with zero attached hydrogens (tertiary/aromatic N) is 4. The highest BCUT2D eigenvalue weighted by Gasteiger charge is 2.33. The summed E-state index contributed by atoms with van der Waals surface area (Å²) in [6.45, 7) is 3.08. The second-order valence-electron chi connectivity index (χ2n) is 6.05. The second-order valence-corrected chi connectivity index (χ2v) is 7.03. The summed E-state index contributed by atoms with van der Waals surface area (Å²) < 4.78 is 0. The first-order valence-electron chi connectivity index (χ1n) is 8.14. The number of carboxylic acids is 1. The SMILES string of the molecule is Cc1nc(N2CCN(Cc3nccc4ccccc34)C2=O)sc1C(=O)O. The standard InChI is InChI=1S/C18H16N4O3S/c1-11-15(16(23)24)26-17(20-11)22-9-8-21(18(22)25)10-14-13-5-3-2-4-12(13)6-7-19-14/h2-7H,8-10H2,1H3,(H,23,24). The number of carbonyl (C=O) groups excluding carboxylic acids is 1. The molecule has 2 amide bonds. The van der Waals surface area contributed by atoms with E-state index in [1.54, 1.807) is 18.0 Å². The first kappa shape index (κ1) is 16.5. The molecule has 3 heterocycles. The minimum atomic E-state index is -1.02. The highest BCUT2D eigenvalue weighted by molar-refractivity contribution is 7.17. The fourth-order valence-corrected chi connectivity index (χ4v) is 4.02. The van der Waals surface area contributed by atoms with Crippen LogP contribution >= 0.6 is 11.3 Å². The maximum absolute atomic E-state index is 12.8. The Kier molecular flexibility index (Phi) is 4.04. The van der Waals surface area contributed by atoms with Gasteiger partial charge in [0.15, 0.2) is 5.13 Å². The molecule has 132 valence electrons. The van der Waals surface area contributed by atoms with Gasteiger partial charge in [-0.25, -0.2) is 14.6 Å². The van der Waals surface area contributed by atoms with Crippen molar-refractivity contribution in [3.8, 4) is 0 Å². The Hall–Kier alpha value is -3.00. The van der Waals surface area contributed by atoms with Gasteiger partial charge in [0.05, 0.1) is 17.9 Å². The van der Waals surface area contributed by atoms with Crippen LogP contribution in [-0.2, 0) is 6.54 Å². The average Bonchev–Trinajstić information content (AvgIpc) is 3.18. The minimum absolute atomic E-state index is 0.168. The van der Waals surface area contributed by atoms with Gasteiger partial charge in [-0.2, -0.15) is 0 Å². The van der Waals surface area contributed by atoms with Crippen molar-refractivity contribution in [2.45, 2.75) is 13.5 Å². The van der Waals surface area contributed by atoms with Crippen molar-refractivity contribution < 1.29 is 14.7 Å². The number of benzene rings is 1. The molecule has 1 aliphatic rings. The van der Waals surface area contributed by atoms with E-state index in [4.69, 9.17) is 0 Å². The number of rotatable bonds is 4. The molecule has 8 heteroatoms. The Labute approximate surface area is 153 Å². The zero-order valence-electron chi connectivity index (χ0n) is 14.0. The molecule has 0 radical (unpaired) electrons. The first-order valence-corrected chi connectivity index (χ1v) is 8.96. The Morgan fingerprint density at radius 2 is 2.08 bits per heavy atom. The molecule has 1 saturated heterocycles. The molecule has 7 nitrogen and oxygen atoms in total. The number of anilines is 1. The molecule has 1 aromatic carbocycles. The zero-order valence-corrected chi connectivity index (χ0v) is 14.9. The lowest BCUT2D eigenvalue weighted by atomic mass is 10.1. The van der Waals surface area contributed by atoms with Crippen LogP contribution in [0.3, 0.4) is 0 Å². The van der Waals surface area contributed by atoms with Crippen LogP contribution in [0.1, 0.15) is 21.1 Å². The van der Waals surface area contributed by atoms with Gasteiger partial charge in [0, 0.05) is 24.7 Å². The smallest absolute Gasteiger partial charge is 0.347 e. The van der Waals surface area contributed by atoms with Crippen molar-refractivity contribution in [1.29, 1.82) is 0 Å². The third-order valence-corrected chi connectivity index (χ3v) is 5.57. The number of fused-ring (bicyclic) bond motifs is 1. The van der Waals surface area contributed by atoms with E-state index in [-0.39, 0.29) is 10.9 Å². The van der Waals surface area contributed by atoms with E-state index in [9.17, 15) is 14.7 Å². The van der Waals surface area contributed by atoms with Crippen LogP contribution in [0.2, 0.25) is 0 Å². The molecule has 26 heavy (non-hydrogen) atoms. The molecule has 1 aliphatic heterocycles. The van der Waals surface area contributed by atoms with E-state index in [1.165, 1.54) is 4.90 Å². The Morgan fingerprint density at radius 3 is 2.85 bits per heavy atom. The number of aryl methyl sites for hydroxylation is 1. The monoisotopic (exact) mass is 368 g/mol. The molecule has 0 bridgehead atoms. The predicted octanol–water partition coefficient (Wildman–Crippen LogP) is 3.14. The van der Waals surface area contributed by atoms with Crippen LogP contribution in [-0.4, -0.2) is 45.1 Å². The Morgan fingerprint density at radius 1 is 1.27 bits per heavy atom. The lowest BCUT2D eigenvalue weighted by Crippen LogP contribution is -2.31. The van der Waals surface area contributed by atoms with Crippen molar-refractivity contribution in [3.63, 3.8) is 0 Å². The number of carboxylic acid groups (broad SMARTS) is 1. The molecule has 0 saturated carbocycles. The van der Waals surface area contributed by atoms with Gasteiger partial charge in [0.1, 0.15) is 4.88 Å². The number of hydrogen-bond donors (Lipinski definition) is 1. The van der Waals surface area contributed by atoms with E-state index in [0.29, 0.717) is 30.5 Å². The number of thiazole rings is 1. The largest absolute Gasteiger partial charge is 0.477 e. The lowest BCUT2D eigenvalue weighted by molar-refractivity contribution is 0.0701. The predicted molar refractivity (Wildman–Crippen MR) is 98.7 cm³/mol. The van der Waals surface area contributed by atoms with Crippen LogP contribution in [0.15, 0.2) is 36.5 Å². The lowest BCUT2D eigenvalue weighted by Gasteiger charge is -2.17. The van der Waals surface area contributed by atoms with Crippen molar-refractivity contribution in [2.75, 3.05) is 18.0 Å². The number of amides is 2. The van der Waals surface area contributed by atoms with E-state index in [0.717, 1.165) is 27.8 Å². The fraction of sp³-hybridized carbons (Fsp3) is 0.222. The summed E-state index contributed by atoms with van der Waals surface area (Å²) in [4.78, 5) is 36.1. The summed E-state index contributed by atoms with van der Waals surface area (Å²) in [6.07, 6.45) is 1.75. The van der Waals surface area contributed by atoms with Gasteiger partial charge in [-0.3, -0.25) is 9.88 Å². The summed E-state index contributed by atoms with van der Waals surface area (Å²) >= 11 is 1.03. The third-order valence-electron chi connectivity index (χ3n) is 4.40. The molecule has 2 aromatic heterocycles. The summed E-state index contributed by atoms with van der Waals surface area (Å²) in [5, 5.41) is 11.7. The maximum atomic E-state index is 12.8. The van der Waals surface area contributed by atoms with Crippen molar-refractivity contribution in [3.05, 3.63) is 52.8 Å². The van der Waals surface area contributed by atoms with Gasteiger partial charge in [-0.1, -0.05) is 35.6 Å². The number of pyridine rings is 1. The van der Waals surface area contributed by atoms with E-state index < -0.39 is 5.97 Å². The molecular weight excluding hydrogens is 352 g/mol. The van der Waals surface area contributed by atoms with Crippen LogP contribution in [0, 0.1) is 6.92 Å². The number of aromatic nitrogens is 2. The molecule has 1 N–H and O–H groups in total. The topological polar surface area (TPSA) is 86.6 Å². The van der Waals surface area contributed by atoms with Crippen molar-refractivity contribution in [1.82, 2.24) is 14.9 Å². The van der Waals surface area contributed by atoms with Crippen LogP contribution < -0.4 is 4.90 Å². The number of aromatic carboxylic acids is 1. The number of carbonyl (C=O) groups is 2. The summed E-state index contributed by atoms with van der Waals surface area (Å²) in [7, 11) is 0. The van der Waals surface area contributed by atoms with E-state index >= 15 is 0 Å². The van der Waals surface area contributed by atoms with E-state index in [2.05, 4.69) is 9.97 Å². The molecular formula is C18H16N4O3S. The quantitative estimate of drug-likeness (QED) is 0.764. The van der Waals surface area contributed by atoms with Crippen LogP contribution in [0.5, 0.6) is 0 Å². The molecule has 0 spiro atoms. The normalized spacial score (nSPS) is 14.4. The number of urea groups is 1. The molecule has 3 aromatic rings. The van der Waals surface area contributed by atoms with Gasteiger partial charge in [0.2, 0.25) is 0 Å². The summed E-state index contributed by atoms with van der Waals surface area (Å²) in [5.41, 5.74) is 1.28. The minimum Gasteiger partial charge on any atom is -0.477 e.